The third-order valence-corrected chi connectivity index (χ3v) is 1.33. The first-order valence-corrected chi connectivity index (χ1v) is 3.72. The lowest BCUT2D eigenvalue weighted by molar-refractivity contribution is 0.561. The molecular formula is C9H15F. The van der Waals surface area contributed by atoms with E-state index in [9.17, 15) is 4.39 Å². The van der Waals surface area contributed by atoms with Gasteiger partial charge in [0.15, 0.2) is 0 Å². The fourth-order valence-electron chi connectivity index (χ4n) is 0.808. The lowest BCUT2D eigenvalue weighted by Crippen LogP contribution is -1.76. The van der Waals surface area contributed by atoms with Gasteiger partial charge in [0.05, 0.1) is 0 Å². The van der Waals surface area contributed by atoms with Crippen molar-refractivity contribution in [3.05, 3.63) is 23.8 Å². The van der Waals surface area contributed by atoms with Crippen LogP contribution in [0.5, 0.6) is 0 Å². The summed E-state index contributed by atoms with van der Waals surface area (Å²) in [5.74, 6) is 0. The van der Waals surface area contributed by atoms with E-state index >= 15 is 0 Å². The highest BCUT2D eigenvalue weighted by molar-refractivity contribution is 5.17. The Kier molecular flexibility index (Phi) is 6.14. The SMILES string of the molecule is C/C=C(\C=C/CF)CCC. The Morgan fingerprint density at radius 2 is 2.20 bits per heavy atom. The van der Waals surface area contributed by atoms with Crippen molar-refractivity contribution >= 4 is 0 Å². The van der Waals surface area contributed by atoms with Gasteiger partial charge in [-0.2, -0.15) is 0 Å². The fourth-order valence-corrected chi connectivity index (χ4v) is 0.808. The number of rotatable bonds is 4. The van der Waals surface area contributed by atoms with E-state index in [1.807, 2.05) is 19.1 Å². The second-order valence-corrected chi connectivity index (χ2v) is 2.17. The quantitative estimate of drug-likeness (QED) is 0.528. The minimum Gasteiger partial charge on any atom is -0.247 e. The second-order valence-electron chi connectivity index (χ2n) is 2.17. The molecule has 0 N–H and O–H groups in total. The first-order valence-electron chi connectivity index (χ1n) is 3.72. The monoisotopic (exact) mass is 142 g/mol. The van der Waals surface area contributed by atoms with Gasteiger partial charge in [-0.1, -0.05) is 37.1 Å². The molecule has 0 aliphatic carbocycles. The second kappa shape index (κ2) is 6.53. The number of halogens is 1. The topological polar surface area (TPSA) is 0 Å². The third kappa shape index (κ3) is 4.30. The molecule has 0 heterocycles. The highest BCUT2D eigenvalue weighted by atomic mass is 19.1. The summed E-state index contributed by atoms with van der Waals surface area (Å²) in [6, 6.07) is 0. The average molecular weight is 142 g/mol. The van der Waals surface area contributed by atoms with E-state index in [-0.39, 0.29) is 6.67 Å². The molecule has 0 saturated heterocycles. The fraction of sp³-hybridized carbons (Fsp3) is 0.556. The summed E-state index contributed by atoms with van der Waals surface area (Å²) in [6.45, 7) is 3.74. The summed E-state index contributed by atoms with van der Waals surface area (Å²) in [6.07, 6.45) is 7.59. The van der Waals surface area contributed by atoms with Crippen molar-refractivity contribution in [2.75, 3.05) is 6.67 Å². The van der Waals surface area contributed by atoms with Crippen LogP contribution in [0, 0.1) is 0 Å². The van der Waals surface area contributed by atoms with Crippen LogP contribution < -0.4 is 0 Å². The lowest BCUT2D eigenvalue weighted by atomic mass is 10.1. The normalized spacial score (nSPS) is 12.9. The van der Waals surface area contributed by atoms with Gasteiger partial charge in [0, 0.05) is 0 Å². The molecule has 0 atom stereocenters. The highest BCUT2D eigenvalue weighted by Crippen LogP contribution is 2.05. The van der Waals surface area contributed by atoms with E-state index < -0.39 is 0 Å². The zero-order chi connectivity index (χ0) is 7.82. The van der Waals surface area contributed by atoms with Crippen LogP contribution in [0.2, 0.25) is 0 Å². The molecule has 0 saturated carbocycles. The number of alkyl halides is 1. The number of hydrogen-bond donors (Lipinski definition) is 0. The first kappa shape index (κ1) is 9.41. The van der Waals surface area contributed by atoms with Gasteiger partial charge < -0.3 is 0 Å². The standard InChI is InChI=1S/C9H15F/c1-3-6-9(4-2)7-5-8-10/h4-5,7H,3,6,8H2,1-2H3/b7-5-,9-4-. The molecule has 0 unspecified atom stereocenters. The van der Waals surface area contributed by atoms with Gasteiger partial charge in [0.1, 0.15) is 6.67 Å². The van der Waals surface area contributed by atoms with Crippen molar-refractivity contribution in [1.82, 2.24) is 0 Å². The van der Waals surface area contributed by atoms with Crippen molar-refractivity contribution in [2.45, 2.75) is 26.7 Å². The predicted octanol–water partition coefficient (Wildman–Crippen LogP) is 3.26. The molecule has 0 fully saturated rings. The maximum Gasteiger partial charge on any atom is 0.108 e. The van der Waals surface area contributed by atoms with Gasteiger partial charge >= 0.3 is 0 Å². The van der Waals surface area contributed by atoms with Crippen LogP contribution in [-0.2, 0) is 0 Å². The molecule has 0 amide bonds. The van der Waals surface area contributed by atoms with E-state index in [1.165, 1.54) is 5.57 Å². The van der Waals surface area contributed by atoms with Crippen molar-refractivity contribution in [3.63, 3.8) is 0 Å². The molecule has 0 spiro atoms. The van der Waals surface area contributed by atoms with Crippen molar-refractivity contribution in [3.8, 4) is 0 Å². The summed E-state index contributed by atoms with van der Waals surface area (Å²) >= 11 is 0. The molecule has 0 aromatic carbocycles. The maximum absolute atomic E-state index is 11.6. The van der Waals surface area contributed by atoms with Crippen molar-refractivity contribution in [1.29, 1.82) is 0 Å². The van der Waals surface area contributed by atoms with Crippen LogP contribution in [0.1, 0.15) is 26.7 Å². The van der Waals surface area contributed by atoms with E-state index in [0.29, 0.717) is 0 Å². The van der Waals surface area contributed by atoms with Gasteiger partial charge in [-0.3, -0.25) is 0 Å². The predicted molar refractivity (Wildman–Crippen MR) is 43.8 cm³/mol. The molecule has 0 aliphatic rings. The summed E-state index contributed by atoms with van der Waals surface area (Å²) in [4.78, 5) is 0. The zero-order valence-corrected chi connectivity index (χ0v) is 6.73. The lowest BCUT2D eigenvalue weighted by Gasteiger charge is -1.95. The molecule has 58 valence electrons. The molecule has 0 aliphatic heterocycles. The maximum atomic E-state index is 11.6. The number of hydrogen-bond acceptors (Lipinski definition) is 0. The summed E-state index contributed by atoms with van der Waals surface area (Å²) in [5, 5.41) is 0. The van der Waals surface area contributed by atoms with Crippen LogP contribution in [0.4, 0.5) is 4.39 Å². The Hall–Kier alpha value is -0.590. The average Bonchev–Trinajstić information content (AvgIpc) is 1.98. The van der Waals surface area contributed by atoms with E-state index in [4.69, 9.17) is 0 Å². The van der Waals surface area contributed by atoms with E-state index in [1.54, 1.807) is 6.08 Å². The minimum atomic E-state index is -0.360. The summed E-state index contributed by atoms with van der Waals surface area (Å²) in [5.41, 5.74) is 1.22. The first-order chi connectivity index (χ1) is 4.85. The Morgan fingerprint density at radius 1 is 1.50 bits per heavy atom. The Labute approximate surface area is 62.4 Å². The third-order valence-electron chi connectivity index (χ3n) is 1.33. The molecule has 0 aromatic rings. The van der Waals surface area contributed by atoms with Crippen LogP contribution >= 0.6 is 0 Å². The molecule has 1 heteroatoms. The van der Waals surface area contributed by atoms with Crippen molar-refractivity contribution in [2.24, 2.45) is 0 Å². The number of allylic oxidation sites excluding steroid dienone is 4. The van der Waals surface area contributed by atoms with Crippen LogP contribution in [0.25, 0.3) is 0 Å². The van der Waals surface area contributed by atoms with Gasteiger partial charge in [-0.15, -0.1) is 0 Å². The summed E-state index contributed by atoms with van der Waals surface area (Å²) in [7, 11) is 0. The molecule has 10 heavy (non-hydrogen) atoms. The molecule has 0 nitrogen and oxygen atoms in total. The van der Waals surface area contributed by atoms with Crippen LogP contribution in [0.3, 0.4) is 0 Å². The molecule has 0 aromatic heterocycles. The van der Waals surface area contributed by atoms with Gasteiger partial charge in [0.25, 0.3) is 0 Å². The van der Waals surface area contributed by atoms with Crippen molar-refractivity contribution < 1.29 is 4.39 Å². The Bertz CT molecular complexity index is 123. The van der Waals surface area contributed by atoms with Gasteiger partial charge in [-0.25, -0.2) is 4.39 Å². The smallest absolute Gasteiger partial charge is 0.108 e. The van der Waals surface area contributed by atoms with E-state index in [2.05, 4.69) is 6.92 Å². The Balaban J connectivity index is 3.72. The zero-order valence-electron chi connectivity index (χ0n) is 6.73. The van der Waals surface area contributed by atoms with Gasteiger partial charge in [0.2, 0.25) is 0 Å². The van der Waals surface area contributed by atoms with E-state index in [0.717, 1.165) is 12.8 Å². The Morgan fingerprint density at radius 3 is 2.60 bits per heavy atom. The van der Waals surface area contributed by atoms with Crippen LogP contribution in [0.15, 0.2) is 23.8 Å². The summed E-state index contributed by atoms with van der Waals surface area (Å²) < 4.78 is 11.6. The van der Waals surface area contributed by atoms with Gasteiger partial charge in [-0.05, 0) is 13.3 Å². The molecule has 0 radical (unpaired) electrons. The minimum absolute atomic E-state index is 0.360. The van der Waals surface area contributed by atoms with Crippen LogP contribution in [-0.4, -0.2) is 6.67 Å². The molecule has 0 rings (SSSR count). The largest absolute Gasteiger partial charge is 0.247 e. The molecule has 0 bridgehead atoms. The molecular weight excluding hydrogens is 127 g/mol. The highest BCUT2D eigenvalue weighted by Gasteiger charge is 1.86.